The highest BCUT2D eigenvalue weighted by atomic mass is 16.3. The summed E-state index contributed by atoms with van der Waals surface area (Å²) < 4.78 is 1.78. The summed E-state index contributed by atoms with van der Waals surface area (Å²) in [6.07, 6.45) is 6.32. The minimum Gasteiger partial charge on any atom is -0.387 e. The van der Waals surface area contributed by atoms with Gasteiger partial charge in [-0.2, -0.15) is 5.10 Å². The second-order valence-corrected chi connectivity index (χ2v) is 7.40. The number of aryl methyl sites for hydroxylation is 1. The highest BCUT2D eigenvalue weighted by Gasteiger charge is 2.50. The zero-order chi connectivity index (χ0) is 16.4. The minimum atomic E-state index is -0.716. The number of nitrogens with zero attached hydrogens (tertiary/aromatic N) is 3. The molecule has 124 valence electrons. The lowest BCUT2D eigenvalue weighted by Crippen LogP contribution is -2.46. The zero-order valence-corrected chi connectivity index (χ0v) is 14.3. The molecule has 1 aliphatic carbocycles. The summed E-state index contributed by atoms with van der Waals surface area (Å²) in [4.78, 5) is 4.02. The molecule has 2 aromatic rings. The van der Waals surface area contributed by atoms with Crippen molar-refractivity contribution < 1.29 is 5.11 Å². The maximum atomic E-state index is 11.6. The summed E-state index contributed by atoms with van der Waals surface area (Å²) in [6, 6.07) is 8.68. The lowest BCUT2D eigenvalue weighted by Gasteiger charge is -2.37. The van der Waals surface area contributed by atoms with Crippen LogP contribution in [0.15, 0.2) is 36.9 Å². The summed E-state index contributed by atoms with van der Waals surface area (Å²) in [6.45, 7) is 7.07. The van der Waals surface area contributed by atoms with E-state index < -0.39 is 5.60 Å². The predicted molar refractivity (Wildman–Crippen MR) is 90.9 cm³/mol. The van der Waals surface area contributed by atoms with E-state index in [9.17, 15) is 5.11 Å². The molecule has 0 saturated heterocycles. The Balaban J connectivity index is 1.83. The smallest absolute Gasteiger partial charge is 0.137 e. The van der Waals surface area contributed by atoms with Crippen molar-refractivity contribution in [3.8, 4) is 0 Å². The van der Waals surface area contributed by atoms with Crippen LogP contribution < -0.4 is 0 Å². The minimum absolute atomic E-state index is 0.266. The monoisotopic (exact) mass is 313 g/mol. The molecule has 0 radical (unpaired) electrons. The molecule has 1 heterocycles. The molecule has 3 rings (SSSR count). The molecule has 4 heteroatoms. The maximum Gasteiger partial charge on any atom is 0.137 e. The van der Waals surface area contributed by atoms with Crippen molar-refractivity contribution >= 4 is 0 Å². The molecule has 1 aromatic heterocycles. The van der Waals surface area contributed by atoms with Gasteiger partial charge in [-0.05, 0) is 49.5 Å². The standard InChI is InChI=1S/C19H27N3O/c1-14(2)18-9-8-17(10-16-6-4-15(3)5-7-16)19(18,23)11-22-13-20-12-21-22/h4-7,12-14,17-18,23H,8-11H2,1-3H3. The van der Waals surface area contributed by atoms with Crippen molar-refractivity contribution in [2.45, 2.75) is 52.2 Å². The second-order valence-electron chi connectivity index (χ2n) is 7.40. The van der Waals surface area contributed by atoms with Crippen LogP contribution in [-0.2, 0) is 13.0 Å². The normalized spacial score (nSPS) is 27.7. The van der Waals surface area contributed by atoms with E-state index in [1.54, 1.807) is 11.0 Å². The SMILES string of the molecule is Cc1ccc(CC2CCC(C(C)C)C2(O)Cn2cncn2)cc1. The fourth-order valence-corrected chi connectivity index (χ4v) is 4.20. The average Bonchev–Trinajstić information content (AvgIpc) is 3.10. The topological polar surface area (TPSA) is 50.9 Å². The van der Waals surface area contributed by atoms with Gasteiger partial charge in [-0.15, -0.1) is 0 Å². The van der Waals surface area contributed by atoms with Crippen LogP contribution in [0.1, 0.15) is 37.8 Å². The first-order valence-electron chi connectivity index (χ1n) is 8.59. The number of aromatic nitrogens is 3. The molecule has 0 aliphatic heterocycles. The van der Waals surface area contributed by atoms with Gasteiger partial charge in [-0.3, -0.25) is 4.68 Å². The summed E-state index contributed by atoms with van der Waals surface area (Å²) in [5, 5.41) is 15.8. The largest absolute Gasteiger partial charge is 0.387 e. The van der Waals surface area contributed by atoms with Gasteiger partial charge in [0, 0.05) is 0 Å². The molecule has 0 bridgehead atoms. The van der Waals surface area contributed by atoms with E-state index in [1.165, 1.54) is 17.5 Å². The third-order valence-corrected chi connectivity index (χ3v) is 5.46. The first-order chi connectivity index (χ1) is 11.0. The van der Waals surface area contributed by atoms with Crippen molar-refractivity contribution in [3.05, 3.63) is 48.0 Å². The fourth-order valence-electron chi connectivity index (χ4n) is 4.20. The Kier molecular flexibility index (Phi) is 4.53. The molecule has 1 N–H and O–H groups in total. The van der Waals surface area contributed by atoms with E-state index in [0.29, 0.717) is 18.4 Å². The van der Waals surface area contributed by atoms with Gasteiger partial charge in [0.05, 0.1) is 12.1 Å². The summed E-state index contributed by atoms with van der Waals surface area (Å²) in [5.74, 6) is 1.04. The first kappa shape index (κ1) is 16.2. The molecule has 0 spiro atoms. The number of benzene rings is 1. The molecule has 1 aliphatic rings. The third kappa shape index (κ3) is 3.32. The van der Waals surface area contributed by atoms with E-state index >= 15 is 0 Å². The van der Waals surface area contributed by atoms with Crippen LogP contribution in [0.4, 0.5) is 0 Å². The van der Waals surface area contributed by atoms with Gasteiger partial charge >= 0.3 is 0 Å². The molecule has 3 unspecified atom stereocenters. The number of hydrogen-bond acceptors (Lipinski definition) is 3. The molecular formula is C19H27N3O. The van der Waals surface area contributed by atoms with Gasteiger partial charge in [0.25, 0.3) is 0 Å². The Morgan fingerprint density at radius 1 is 1.26 bits per heavy atom. The van der Waals surface area contributed by atoms with Gasteiger partial charge < -0.3 is 5.11 Å². The summed E-state index contributed by atoms with van der Waals surface area (Å²) in [7, 11) is 0. The fraction of sp³-hybridized carbons (Fsp3) is 0.579. The van der Waals surface area contributed by atoms with E-state index in [-0.39, 0.29) is 5.92 Å². The summed E-state index contributed by atoms with van der Waals surface area (Å²) >= 11 is 0. The Hall–Kier alpha value is -1.68. The molecule has 0 amide bonds. The average molecular weight is 313 g/mol. The highest BCUT2D eigenvalue weighted by molar-refractivity contribution is 5.22. The molecule has 23 heavy (non-hydrogen) atoms. The second kappa shape index (κ2) is 6.44. The van der Waals surface area contributed by atoms with Gasteiger partial charge in [0.2, 0.25) is 0 Å². The maximum absolute atomic E-state index is 11.6. The van der Waals surface area contributed by atoms with Crippen LogP contribution in [-0.4, -0.2) is 25.5 Å². The number of aliphatic hydroxyl groups is 1. The van der Waals surface area contributed by atoms with Crippen LogP contribution in [0.2, 0.25) is 0 Å². The van der Waals surface area contributed by atoms with Crippen molar-refractivity contribution in [2.75, 3.05) is 0 Å². The van der Waals surface area contributed by atoms with Crippen LogP contribution in [0.5, 0.6) is 0 Å². The predicted octanol–water partition coefficient (Wildman–Crippen LogP) is 3.24. The van der Waals surface area contributed by atoms with Crippen LogP contribution in [0.3, 0.4) is 0 Å². The lowest BCUT2D eigenvalue weighted by atomic mass is 9.76. The zero-order valence-electron chi connectivity index (χ0n) is 14.3. The quantitative estimate of drug-likeness (QED) is 0.922. The Morgan fingerprint density at radius 2 is 2.00 bits per heavy atom. The summed E-state index contributed by atoms with van der Waals surface area (Å²) in [5.41, 5.74) is 1.87. The first-order valence-corrected chi connectivity index (χ1v) is 8.59. The molecule has 4 nitrogen and oxygen atoms in total. The van der Waals surface area contributed by atoms with Gasteiger partial charge in [-0.25, -0.2) is 4.98 Å². The van der Waals surface area contributed by atoms with Gasteiger partial charge in [0.1, 0.15) is 12.7 Å². The van der Waals surface area contributed by atoms with Crippen LogP contribution in [0.25, 0.3) is 0 Å². The number of rotatable bonds is 5. The van der Waals surface area contributed by atoms with Crippen molar-refractivity contribution in [2.24, 2.45) is 17.8 Å². The van der Waals surface area contributed by atoms with Gasteiger partial charge in [-0.1, -0.05) is 43.7 Å². The molecule has 1 fully saturated rings. The van der Waals surface area contributed by atoms with Crippen LogP contribution in [0, 0.1) is 24.7 Å². The molecular weight excluding hydrogens is 286 g/mol. The molecule has 1 saturated carbocycles. The number of hydrogen-bond donors (Lipinski definition) is 1. The Labute approximate surface area is 138 Å². The van der Waals surface area contributed by atoms with E-state index in [0.717, 1.165) is 19.3 Å². The molecule has 3 atom stereocenters. The lowest BCUT2D eigenvalue weighted by molar-refractivity contribution is -0.0667. The van der Waals surface area contributed by atoms with Crippen molar-refractivity contribution in [3.63, 3.8) is 0 Å². The van der Waals surface area contributed by atoms with E-state index in [2.05, 4.69) is 55.1 Å². The van der Waals surface area contributed by atoms with Crippen molar-refractivity contribution in [1.82, 2.24) is 14.8 Å². The Morgan fingerprint density at radius 3 is 2.61 bits per heavy atom. The van der Waals surface area contributed by atoms with Crippen LogP contribution >= 0.6 is 0 Å². The Bertz CT molecular complexity index is 621. The van der Waals surface area contributed by atoms with Crippen molar-refractivity contribution in [1.29, 1.82) is 0 Å². The molecule has 1 aromatic carbocycles. The van der Waals surface area contributed by atoms with Gasteiger partial charge in [0.15, 0.2) is 0 Å². The van der Waals surface area contributed by atoms with E-state index in [4.69, 9.17) is 0 Å². The highest BCUT2D eigenvalue weighted by Crippen LogP contribution is 2.46. The third-order valence-electron chi connectivity index (χ3n) is 5.46. The van der Waals surface area contributed by atoms with E-state index in [1.807, 2.05) is 0 Å².